The highest BCUT2D eigenvalue weighted by Crippen LogP contribution is 2.17. The number of carboxylic acids is 1. The Labute approximate surface area is 117 Å². The minimum Gasteiger partial charge on any atom is -0.478 e. The van der Waals surface area contributed by atoms with E-state index in [1.165, 1.54) is 0 Å². The number of nitrogens with one attached hydrogen (secondary N) is 1. The first-order chi connectivity index (χ1) is 9.51. The standard InChI is InChI=1S/C15H18N2O3/c1-3-10(2)16-14(18)9-17-7-6-11-4-5-12(15(19)20)8-13(11)17/h4-8,10H,3,9H2,1-2H3,(H,16,18)(H,19,20). The second-order valence-corrected chi connectivity index (χ2v) is 4.90. The van der Waals surface area contributed by atoms with Gasteiger partial charge in [-0.1, -0.05) is 13.0 Å². The van der Waals surface area contributed by atoms with Crippen LogP contribution in [0.4, 0.5) is 0 Å². The van der Waals surface area contributed by atoms with Gasteiger partial charge in [-0.2, -0.15) is 0 Å². The van der Waals surface area contributed by atoms with Crippen LogP contribution < -0.4 is 5.32 Å². The number of aromatic nitrogens is 1. The fourth-order valence-electron chi connectivity index (χ4n) is 2.03. The van der Waals surface area contributed by atoms with E-state index in [-0.39, 0.29) is 24.1 Å². The maximum Gasteiger partial charge on any atom is 0.335 e. The number of hydrogen-bond donors (Lipinski definition) is 2. The van der Waals surface area contributed by atoms with Gasteiger partial charge in [0.25, 0.3) is 0 Å². The molecule has 2 N–H and O–H groups in total. The minimum atomic E-state index is -0.969. The van der Waals surface area contributed by atoms with Crippen LogP contribution in [0.2, 0.25) is 0 Å². The summed E-state index contributed by atoms with van der Waals surface area (Å²) in [5.74, 6) is -1.04. The summed E-state index contributed by atoms with van der Waals surface area (Å²) in [5.41, 5.74) is 0.976. The van der Waals surface area contributed by atoms with Gasteiger partial charge >= 0.3 is 5.97 Å². The van der Waals surface area contributed by atoms with Gasteiger partial charge in [0.15, 0.2) is 0 Å². The Morgan fingerprint density at radius 1 is 1.35 bits per heavy atom. The van der Waals surface area contributed by atoms with Gasteiger partial charge in [-0.15, -0.1) is 0 Å². The molecule has 5 heteroatoms. The molecule has 0 bridgehead atoms. The molecule has 106 valence electrons. The van der Waals surface area contributed by atoms with Crippen LogP contribution in [0.25, 0.3) is 10.9 Å². The van der Waals surface area contributed by atoms with E-state index >= 15 is 0 Å². The molecule has 0 saturated carbocycles. The summed E-state index contributed by atoms with van der Waals surface area (Å²) in [6.45, 7) is 4.15. The van der Waals surface area contributed by atoms with E-state index in [0.717, 1.165) is 17.3 Å². The third-order valence-corrected chi connectivity index (χ3v) is 3.35. The molecule has 2 aromatic rings. The van der Waals surface area contributed by atoms with Gasteiger partial charge < -0.3 is 15.0 Å². The monoisotopic (exact) mass is 274 g/mol. The van der Waals surface area contributed by atoms with Crippen molar-refractivity contribution < 1.29 is 14.7 Å². The summed E-state index contributed by atoms with van der Waals surface area (Å²) in [4.78, 5) is 22.9. The Morgan fingerprint density at radius 2 is 2.10 bits per heavy atom. The van der Waals surface area contributed by atoms with Crippen LogP contribution in [-0.2, 0) is 11.3 Å². The lowest BCUT2D eigenvalue weighted by molar-refractivity contribution is -0.122. The van der Waals surface area contributed by atoms with Gasteiger partial charge in [0.1, 0.15) is 6.54 Å². The number of carbonyl (C=O) groups is 2. The molecule has 0 fully saturated rings. The number of hydrogen-bond acceptors (Lipinski definition) is 2. The molecule has 1 heterocycles. The maximum absolute atomic E-state index is 11.9. The van der Waals surface area contributed by atoms with Crippen LogP contribution >= 0.6 is 0 Å². The summed E-state index contributed by atoms with van der Waals surface area (Å²) < 4.78 is 1.76. The van der Waals surface area contributed by atoms with Crippen molar-refractivity contribution in [1.82, 2.24) is 9.88 Å². The van der Waals surface area contributed by atoms with E-state index in [2.05, 4.69) is 5.32 Å². The fraction of sp³-hybridized carbons (Fsp3) is 0.333. The van der Waals surface area contributed by atoms with Crippen LogP contribution in [0.1, 0.15) is 30.6 Å². The van der Waals surface area contributed by atoms with Crippen molar-refractivity contribution in [2.75, 3.05) is 0 Å². The van der Waals surface area contributed by atoms with Crippen molar-refractivity contribution in [3.63, 3.8) is 0 Å². The smallest absolute Gasteiger partial charge is 0.335 e. The lowest BCUT2D eigenvalue weighted by atomic mass is 10.1. The third kappa shape index (κ3) is 2.99. The highest BCUT2D eigenvalue weighted by molar-refractivity contribution is 5.94. The van der Waals surface area contributed by atoms with Crippen molar-refractivity contribution in [2.24, 2.45) is 0 Å². The highest BCUT2D eigenvalue weighted by Gasteiger charge is 2.10. The maximum atomic E-state index is 11.9. The van der Waals surface area contributed by atoms with Gasteiger partial charge in [-0.25, -0.2) is 4.79 Å². The number of carbonyl (C=O) groups excluding carboxylic acids is 1. The van der Waals surface area contributed by atoms with Gasteiger partial charge in [0.05, 0.1) is 5.56 Å². The first-order valence-corrected chi connectivity index (χ1v) is 6.62. The van der Waals surface area contributed by atoms with Crippen molar-refractivity contribution in [1.29, 1.82) is 0 Å². The predicted octanol–water partition coefficient (Wildman–Crippen LogP) is 2.25. The van der Waals surface area contributed by atoms with E-state index in [0.29, 0.717) is 0 Å². The first-order valence-electron chi connectivity index (χ1n) is 6.62. The summed E-state index contributed by atoms with van der Waals surface area (Å²) in [5, 5.41) is 12.8. The molecular weight excluding hydrogens is 256 g/mol. The molecule has 0 aliphatic carbocycles. The van der Waals surface area contributed by atoms with Gasteiger partial charge in [-0.05, 0) is 36.9 Å². The van der Waals surface area contributed by atoms with Crippen LogP contribution in [-0.4, -0.2) is 27.6 Å². The number of amides is 1. The Hall–Kier alpha value is -2.30. The topological polar surface area (TPSA) is 71.3 Å². The van der Waals surface area contributed by atoms with Gasteiger partial charge in [0.2, 0.25) is 5.91 Å². The average Bonchev–Trinajstić information content (AvgIpc) is 2.80. The number of rotatable bonds is 5. The van der Waals surface area contributed by atoms with E-state index in [1.807, 2.05) is 19.9 Å². The zero-order chi connectivity index (χ0) is 14.7. The molecule has 1 aromatic heterocycles. The minimum absolute atomic E-state index is 0.0717. The Balaban J connectivity index is 2.24. The zero-order valence-corrected chi connectivity index (χ0v) is 11.6. The predicted molar refractivity (Wildman–Crippen MR) is 76.8 cm³/mol. The molecule has 20 heavy (non-hydrogen) atoms. The van der Waals surface area contributed by atoms with E-state index in [9.17, 15) is 9.59 Å². The molecule has 0 spiro atoms. The second-order valence-electron chi connectivity index (χ2n) is 4.90. The number of nitrogens with zero attached hydrogens (tertiary/aromatic N) is 1. The summed E-state index contributed by atoms with van der Waals surface area (Å²) in [6, 6.07) is 6.92. The molecule has 1 atom stereocenters. The first kappa shape index (κ1) is 14.1. The van der Waals surface area contributed by atoms with Crippen molar-refractivity contribution in [2.45, 2.75) is 32.9 Å². The Kier molecular flexibility index (Phi) is 4.08. The molecule has 0 saturated heterocycles. The zero-order valence-electron chi connectivity index (χ0n) is 11.6. The number of fused-ring (bicyclic) bond motifs is 1. The summed E-state index contributed by atoms with van der Waals surface area (Å²) in [6.07, 6.45) is 2.67. The largest absolute Gasteiger partial charge is 0.478 e. The summed E-state index contributed by atoms with van der Waals surface area (Å²) in [7, 11) is 0. The van der Waals surface area contributed by atoms with Crippen molar-refractivity contribution in [3.8, 4) is 0 Å². The van der Waals surface area contributed by atoms with E-state index < -0.39 is 5.97 Å². The van der Waals surface area contributed by atoms with Crippen LogP contribution in [0, 0.1) is 0 Å². The highest BCUT2D eigenvalue weighted by atomic mass is 16.4. The second kappa shape index (κ2) is 5.77. The average molecular weight is 274 g/mol. The van der Waals surface area contributed by atoms with Crippen molar-refractivity contribution >= 4 is 22.8 Å². The Bertz CT molecular complexity index is 646. The lowest BCUT2D eigenvalue weighted by Gasteiger charge is -2.12. The molecule has 0 aliphatic heterocycles. The van der Waals surface area contributed by atoms with Crippen LogP contribution in [0.5, 0.6) is 0 Å². The normalized spacial score (nSPS) is 12.3. The molecule has 1 unspecified atom stereocenters. The molecule has 1 aromatic carbocycles. The SMILES string of the molecule is CCC(C)NC(=O)Cn1ccc2ccc(C(=O)O)cc21. The van der Waals surface area contributed by atoms with Crippen molar-refractivity contribution in [3.05, 3.63) is 36.0 Å². The Morgan fingerprint density at radius 3 is 2.75 bits per heavy atom. The van der Waals surface area contributed by atoms with Crippen LogP contribution in [0.15, 0.2) is 30.5 Å². The van der Waals surface area contributed by atoms with E-state index in [4.69, 9.17) is 5.11 Å². The van der Waals surface area contributed by atoms with Gasteiger partial charge in [-0.3, -0.25) is 4.79 Å². The summed E-state index contributed by atoms with van der Waals surface area (Å²) >= 11 is 0. The number of benzene rings is 1. The molecular formula is C15H18N2O3. The van der Waals surface area contributed by atoms with Crippen LogP contribution in [0.3, 0.4) is 0 Å². The molecule has 1 amide bonds. The molecule has 0 radical (unpaired) electrons. The number of carboxylic acid groups (broad SMARTS) is 1. The van der Waals surface area contributed by atoms with Gasteiger partial charge in [0, 0.05) is 17.8 Å². The fourth-order valence-corrected chi connectivity index (χ4v) is 2.03. The molecule has 0 aliphatic rings. The number of aromatic carboxylic acids is 1. The third-order valence-electron chi connectivity index (χ3n) is 3.35. The lowest BCUT2D eigenvalue weighted by Crippen LogP contribution is -2.34. The van der Waals surface area contributed by atoms with E-state index in [1.54, 1.807) is 29.0 Å². The molecule has 2 rings (SSSR count). The quantitative estimate of drug-likeness (QED) is 0.878. The molecule has 5 nitrogen and oxygen atoms in total.